The van der Waals surface area contributed by atoms with Crippen molar-refractivity contribution in [3.8, 4) is 0 Å². The largest absolute Gasteiger partial charge is 0.454 e. The summed E-state index contributed by atoms with van der Waals surface area (Å²) in [6.45, 7) is 0. The highest BCUT2D eigenvalue weighted by molar-refractivity contribution is 6.43. The molecule has 0 aromatic carbocycles. The Morgan fingerprint density at radius 1 is 1.05 bits per heavy atom. The van der Waals surface area contributed by atoms with Crippen LogP contribution in [0.25, 0.3) is 0 Å². The second-order valence-corrected chi connectivity index (χ2v) is 7.13. The van der Waals surface area contributed by atoms with Crippen molar-refractivity contribution in [1.82, 2.24) is 0 Å². The summed E-state index contributed by atoms with van der Waals surface area (Å²) in [6.07, 6.45) is 16.2. The second-order valence-electron chi connectivity index (χ2n) is 7.13. The first-order valence-electron chi connectivity index (χ1n) is 8.19. The first-order valence-corrected chi connectivity index (χ1v) is 8.19. The molecule has 0 saturated heterocycles. The van der Waals surface area contributed by atoms with Crippen LogP contribution in [0.15, 0.2) is 35.5 Å². The lowest BCUT2D eigenvalue weighted by Gasteiger charge is -2.49. The lowest BCUT2D eigenvalue weighted by Crippen LogP contribution is -2.41. The molecule has 4 rings (SSSR count). The van der Waals surface area contributed by atoms with Gasteiger partial charge in [0.1, 0.15) is 0 Å². The Kier molecular flexibility index (Phi) is 3.15. The van der Waals surface area contributed by atoms with Crippen molar-refractivity contribution >= 4 is 7.12 Å². The molecule has 3 heteroatoms. The maximum Gasteiger partial charge on any atom is 0.454 e. The van der Waals surface area contributed by atoms with Crippen molar-refractivity contribution in [3.05, 3.63) is 35.5 Å². The molecular formula is C17H23BO2. The fourth-order valence-corrected chi connectivity index (χ4v) is 5.36. The van der Waals surface area contributed by atoms with Gasteiger partial charge in [-0.1, -0.05) is 37.1 Å². The summed E-state index contributed by atoms with van der Waals surface area (Å²) in [6, 6.07) is 0. The molecule has 106 valence electrons. The molecule has 2 nitrogen and oxygen atoms in total. The molecule has 0 aromatic heterocycles. The van der Waals surface area contributed by atoms with Crippen molar-refractivity contribution in [2.75, 3.05) is 0 Å². The van der Waals surface area contributed by atoms with Crippen LogP contribution in [0, 0.1) is 23.7 Å². The fourth-order valence-electron chi connectivity index (χ4n) is 5.36. The van der Waals surface area contributed by atoms with Crippen LogP contribution in [-0.2, 0) is 0 Å². The third kappa shape index (κ3) is 1.94. The molecule has 0 aliphatic heterocycles. The molecule has 0 amide bonds. The van der Waals surface area contributed by atoms with Crippen LogP contribution < -0.4 is 0 Å². The van der Waals surface area contributed by atoms with Crippen molar-refractivity contribution in [2.45, 2.75) is 44.3 Å². The Morgan fingerprint density at radius 3 is 2.80 bits per heavy atom. The van der Waals surface area contributed by atoms with E-state index >= 15 is 0 Å². The number of hydrogen-bond donors (Lipinski definition) is 2. The molecule has 4 aliphatic rings. The molecule has 5 atom stereocenters. The number of allylic oxidation sites excluding steroid dienone is 6. The summed E-state index contributed by atoms with van der Waals surface area (Å²) in [5.74, 6) is 3.22. The minimum absolute atomic E-state index is 0.120. The summed E-state index contributed by atoms with van der Waals surface area (Å²) < 4.78 is 0. The highest BCUT2D eigenvalue weighted by atomic mass is 16.4. The van der Waals surface area contributed by atoms with Gasteiger partial charge in [-0.3, -0.25) is 0 Å². The van der Waals surface area contributed by atoms with Gasteiger partial charge < -0.3 is 10.0 Å². The third-order valence-electron chi connectivity index (χ3n) is 6.31. The van der Waals surface area contributed by atoms with Gasteiger partial charge in [0.25, 0.3) is 0 Å². The Morgan fingerprint density at radius 2 is 1.95 bits per heavy atom. The van der Waals surface area contributed by atoms with E-state index in [9.17, 15) is 10.0 Å². The van der Waals surface area contributed by atoms with E-state index in [1.54, 1.807) is 5.57 Å². The molecule has 0 aromatic rings. The topological polar surface area (TPSA) is 40.5 Å². The van der Waals surface area contributed by atoms with Gasteiger partial charge in [-0.25, -0.2) is 0 Å². The quantitative estimate of drug-likeness (QED) is 0.719. The van der Waals surface area contributed by atoms with E-state index in [4.69, 9.17) is 0 Å². The molecule has 4 aliphatic carbocycles. The van der Waals surface area contributed by atoms with Gasteiger partial charge in [-0.15, -0.1) is 0 Å². The van der Waals surface area contributed by atoms with Gasteiger partial charge in [-0.2, -0.15) is 0 Å². The minimum atomic E-state index is -1.10. The summed E-state index contributed by atoms with van der Waals surface area (Å²) in [5.41, 5.74) is 3.06. The number of hydrogen-bond acceptors (Lipinski definition) is 2. The van der Waals surface area contributed by atoms with E-state index in [-0.39, 0.29) is 5.82 Å². The molecular weight excluding hydrogens is 247 g/mol. The maximum absolute atomic E-state index is 9.45. The number of rotatable bonds is 1. The average Bonchev–Trinajstić information content (AvgIpc) is 2.94. The molecule has 0 bridgehead atoms. The van der Waals surface area contributed by atoms with E-state index < -0.39 is 7.12 Å². The standard InChI is InChI=1S/C17H23BO2/c19-18(20)13-6-9-15-12(10-13)5-8-16-14-3-1-2-11(14)4-7-17(15)16/h1-4,12-13,15-17,19-20H,5-10H2. The van der Waals surface area contributed by atoms with Crippen LogP contribution in [0.3, 0.4) is 0 Å². The van der Waals surface area contributed by atoms with E-state index in [2.05, 4.69) is 24.3 Å². The first kappa shape index (κ1) is 12.9. The zero-order chi connectivity index (χ0) is 13.7. The van der Waals surface area contributed by atoms with Crippen LogP contribution >= 0.6 is 0 Å². The molecule has 0 spiro atoms. The second kappa shape index (κ2) is 4.89. The van der Waals surface area contributed by atoms with Crippen LogP contribution in [0.1, 0.15) is 38.5 Å². The zero-order valence-electron chi connectivity index (χ0n) is 11.9. The molecule has 5 unspecified atom stereocenters. The van der Waals surface area contributed by atoms with E-state index in [0.29, 0.717) is 0 Å². The summed E-state index contributed by atoms with van der Waals surface area (Å²) in [4.78, 5) is 0. The van der Waals surface area contributed by atoms with E-state index in [0.717, 1.165) is 36.5 Å². The summed E-state index contributed by atoms with van der Waals surface area (Å²) >= 11 is 0. The molecule has 2 N–H and O–H groups in total. The monoisotopic (exact) mass is 270 g/mol. The van der Waals surface area contributed by atoms with Crippen molar-refractivity contribution < 1.29 is 10.0 Å². The SMILES string of the molecule is OB(O)C1CCC2C(CCC3C4=CC=CC4=CCC32)C1. The van der Waals surface area contributed by atoms with Crippen LogP contribution in [-0.4, -0.2) is 17.2 Å². The average molecular weight is 270 g/mol. The third-order valence-corrected chi connectivity index (χ3v) is 6.31. The van der Waals surface area contributed by atoms with Gasteiger partial charge in [0.2, 0.25) is 0 Å². The summed E-state index contributed by atoms with van der Waals surface area (Å²) in [7, 11) is -1.10. The predicted octanol–water partition coefficient (Wildman–Crippen LogP) is 3.10. The maximum atomic E-state index is 9.45. The van der Waals surface area contributed by atoms with Gasteiger partial charge in [0, 0.05) is 0 Å². The summed E-state index contributed by atoms with van der Waals surface area (Å²) in [5, 5.41) is 18.9. The van der Waals surface area contributed by atoms with Gasteiger partial charge in [0.15, 0.2) is 0 Å². The smallest absolute Gasteiger partial charge is 0.427 e. The predicted molar refractivity (Wildman–Crippen MR) is 80.9 cm³/mol. The Hall–Kier alpha value is -0.795. The van der Waals surface area contributed by atoms with E-state index in [1.807, 2.05) is 0 Å². The van der Waals surface area contributed by atoms with Gasteiger partial charge >= 0.3 is 7.12 Å². The lowest BCUT2D eigenvalue weighted by atomic mass is 9.52. The molecule has 2 saturated carbocycles. The molecule has 0 radical (unpaired) electrons. The lowest BCUT2D eigenvalue weighted by molar-refractivity contribution is 0.0645. The number of fused-ring (bicyclic) bond motifs is 5. The van der Waals surface area contributed by atoms with Crippen molar-refractivity contribution in [1.29, 1.82) is 0 Å². The van der Waals surface area contributed by atoms with Crippen LogP contribution in [0.2, 0.25) is 5.82 Å². The highest BCUT2D eigenvalue weighted by Crippen LogP contribution is 2.55. The minimum Gasteiger partial charge on any atom is -0.427 e. The van der Waals surface area contributed by atoms with Crippen molar-refractivity contribution in [2.24, 2.45) is 23.7 Å². The first-order chi connectivity index (χ1) is 9.74. The van der Waals surface area contributed by atoms with Gasteiger partial charge in [-0.05, 0) is 66.3 Å². The molecule has 20 heavy (non-hydrogen) atoms. The zero-order valence-corrected chi connectivity index (χ0v) is 11.9. The van der Waals surface area contributed by atoms with Crippen molar-refractivity contribution in [3.63, 3.8) is 0 Å². The van der Waals surface area contributed by atoms with Crippen LogP contribution in [0.5, 0.6) is 0 Å². The Labute approximate surface area is 121 Å². The molecule has 0 heterocycles. The fraction of sp³-hybridized carbons (Fsp3) is 0.647. The molecule has 2 fully saturated rings. The Balaban J connectivity index is 1.55. The van der Waals surface area contributed by atoms with E-state index in [1.165, 1.54) is 31.3 Å². The normalized spacial score (nSPS) is 42.2. The van der Waals surface area contributed by atoms with Crippen LogP contribution in [0.4, 0.5) is 0 Å². The highest BCUT2D eigenvalue weighted by Gasteiger charge is 2.46. The Bertz CT molecular complexity index is 491. The van der Waals surface area contributed by atoms with Gasteiger partial charge in [0.05, 0.1) is 0 Å².